The standard InChI is InChI=1S/C9H16Cl2S/c1-2-3-4-5-12-7-8-6-9(8,10)11/h8H,2-7H2,1H3. The molecule has 0 heterocycles. The van der Waals surface area contributed by atoms with Crippen LogP contribution in [0, 0.1) is 5.92 Å². The molecule has 72 valence electrons. The Hall–Kier alpha value is 0.930. The second-order valence-electron chi connectivity index (χ2n) is 3.44. The van der Waals surface area contributed by atoms with Gasteiger partial charge in [-0.15, -0.1) is 23.2 Å². The minimum absolute atomic E-state index is 0.363. The van der Waals surface area contributed by atoms with Crippen LogP contribution in [0.25, 0.3) is 0 Å². The van der Waals surface area contributed by atoms with Crippen LogP contribution in [-0.2, 0) is 0 Å². The van der Waals surface area contributed by atoms with Crippen LogP contribution < -0.4 is 0 Å². The van der Waals surface area contributed by atoms with E-state index in [4.69, 9.17) is 23.2 Å². The zero-order chi connectivity index (χ0) is 9.03. The fourth-order valence-electron chi connectivity index (χ4n) is 1.13. The molecule has 0 N–H and O–H groups in total. The topological polar surface area (TPSA) is 0 Å². The third kappa shape index (κ3) is 3.76. The van der Waals surface area contributed by atoms with Gasteiger partial charge in [-0.1, -0.05) is 19.8 Å². The third-order valence-corrected chi connectivity index (χ3v) is 4.31. The molecule has 0 aromatic heterocycles. The van der Waals surface area contributed by atoms with Crippen LogP contribution in [0.15, 0.2) is 0 Å². The van der Waals surface area contributed by atoms with Crippen molar-refractivity contribution in [3.05, 3.63) is 0 Å². The van der Waals surface area contributed by atoms with Gasteiger partial charge >= 0.3 is 0 Å². The highest BCUT2D eigenvalue weighted by Crippen LogP contribution is 2.54. The predicted molar refractivity (Wildman–Crippen MR) is 59.4 cm³/mol. The summed E-state index contributed by atoms with van der Waals surface area (Å²) >= 11 is 13.8. The van der Waals surface area contributed by atoms with Gasteiger partial charge in [0.25, 0.3) is 0 Å². The smallest absolute Gasteiger partial charge is 0.122 e. The molecule has 1 aliphatic rings. The minimum atomic E-state index is -0.363. The zero-order valence-corrected chi connectivity index (χ0v) is 9.81. The molecule has 0 spiro atoms. The second-order valence-corrected chi connectivity index (χ2v) is 6.14. The van der Waals surface area contributed by atoms with Crippen molar-refractivity contribution in [1.82, 2.24) is 0 Å². The van der Waals surface area contributed by atoms with Crippen LogP contribution >= 0.6 is 35.0 Å². The van der Waals surface area contributed by atoms with Crippen LogP contribution in [0.4, 0.5) is 0 Å². The van der Waals surface area contributed by atoms with Crippen molar-refractivity contribution in [3.63, 3.8) is 0 Å². The molecule has 0 bridgehead atoms. The molecule has 0 nitrogen and oxygen atoms in total. The molecule has 0 radical (unpaired) electrons. The number of rotatable bonds is 6. The van der Waals surface area contributed by atoms with E-state index in [2.05, 4.69) is 6.92 Å². The van der Waals surface area contributed by atoms with Crippen molar-refractivity contribution in [1.29, 1.82) is 0 Å². The summed E-state index contributed by atoms with van der Waals surface area (Å²) in [7, 11) is 0. The summed E-state index contributed by atoms with van der Waals surface area (Å²) in [6.45, 7) is 2.23. The van der Waals surface area contributed by atoms with E-state index < -0.39 is 0 Å². The van der Waals surface area contributed by atoms with Gasteiger partial charge in [-0.3, -0.25) is 0 Å². The average molecular weight is 227 g/mol. The van der Waals surface area contributed by atoms with E-state index in [9.17, 15) is 0 Å². The largest absolute Gasteiger partial charge is 0.162 e. The second kappa shape index (κ2) is 4.97. The van der Waals surface area contributed by atoms with Gasteiger partial charge in [0.2, 0.25) is 0 Å². The molecule has 1 unspecified atom stereocenters. The van der Waals surface area contributed by atoms with Gasteiger partial charge in [-0.25, -0.2) is 0 Å². The Morgan fingerprint density at radius 1 is 1.42 bits per heavy atom. The molecule has 0 aliphatic heterocycles. The number of thioether (sulfide) groups is 1. The first-order valence-electron chi connectivity index (χ1n) is 4.62. The van der Waals surface area contributed by atoms with Crippen LogP contribution in [-0.4, -0.2) is 15.8 Å². The van der Waals surface area contributed by atoms with Crippen LogP contribution in [0.3, 0.4) is 0 Å². The molecular weight excluding hydrogens is 211 g/mol. The number of hydrogen-bond acceptors (Lipinski definition) is 1. The molecule has 0 aromatic rings. The maximum Gasteiger partial charge on any atom is 0.122 e. The molecule has 1 fully saturated rings. The average Bonchev–Trinajstić information content (AvgIpc) is 2.59. The summed E-state index contributed by atoms with van der Waals surface area (Å²) in [5.74, 6) is 2.98. The summed E-state index contributed by atoms with van der Waals surface area (Å²) in [6.07, 6.45) is 4.99. The van der Waals surface area contributed by atoms with E-state index in [1.807, 2.05) is 11.8 Å². The van der Waals surface area contributed by atoms with Gasteiger partial charge in [-0.2, -0.15) is 11.8 Å². The highest BCUT2D eigenvalue weighted by atomic mass is 35.5. The summed E-state index contributed by atoms with van der Waals surface area (Å²) in [4.78, 5) is 0. The van der Waals surface area contributed by atoms with Gasteiger partial charge in [0.15, 0.2) is 0 Å². The SMILES string of the molecule is CCCCCSCC1CC1(Cl)Cl. The van der Waals surface area contributed by atoms with Gasteiger partial charge in [-0.05, 0) is 24.3 Å². The molecule has 0 saturated heterocycles. The first kappa shape index (κ1) is 11.0. The Labute approximate surface area is 89.4 Å². The highest BCUT2D eigenvalue weighted by molar-refractivity contribution is 7.99. The number of halogens is 2. The van der Waals surface area contributed by atoms with Crippen LogP contribution in [0.5, 0.6) is 0 Å². The predicted octanol–water partition coefficient (Wildman–Crippen LogP) is 4.10. The van der Waals surface area contributed by atoms with E-state index in [-0.39, 0.29) is 4.33 Å². The monoisotopic (exact) mass is 226 g/mol. The minimum Gasteiger partial charge on any atom is -0.162 e. The lowest BCUT2D eigenvalue weighted by Gasteiger charge is -2.00. The number of hydrogen-bond donors (Lipinski definition) is 0. The van der Waals surface area contributed by atoms with Crippen molar-refractivity contribution in [3.8, 4) is 0 Å². The fraction of sp³-hybridized carbons (Fsp3) is 1.00. The summed E-state index contributed by atoms with van der Waals surface area (Å²) in [5, 5.41) is 0. The maximum absolute atomic E-state index is 5.90. The van der Waals surface area contributed by atoms with E-state index in [1.165, 1.54) is 25.0 Å². The molecule has 12 heavy (non-hydrogen) atoms. The highest BCUT2D eigenvalue weighted by Gasteiger charge is 2.50. The van der Waals surface area contributed by atoms with Gasteiger partial charge in [0.05, 0.1) is 0 Å². The Kier molecular flexibility index (Phi) is 4.56. The van der Waals surface area contributed by atoms with Crippen molar-refractivity contribution >= 4 is 35.0 Å². The lowest BCUT2D eigenvalue weighted by atomic mass is 10.3. The van der Waals surface area contributed by atoms with E-state index in [0.717, 1.165) is 12.2 Å². The van der Waals surface area contributed by atoms with E-state index in [0.29, 0.717) is 5.92 Å². The fourth-order valence-corrected chi connectivity index (χ4v) is 3.10. The lowest BCUT2D eigenvalue weighted by Crippen LogP contribution is -1.94. The number of alkyl halides is 2. The summed E-state index contributed by atoms with van der Waals surface area (Å²) < 4.78 is -0.363. The molecule has 0 amide bonds. The Morgan fingerprint density at radius 3 is 2.58 bits per heavy atom. The number of unbranched alkanes of at least 4 members (excludes halogenated alkanes) is 2. The Balaban J connectivity index is 1.85. The van der Waals surface area contributed by atoms with Crippen LogP contribution in [0.1, 0.15) is 32.6 Å². The van der Waals surface area contributed by atoms with Gasteiger partial charge in [0.1, 0.15) is 4.33 Å². The summed E-state index contributed by atoms with van der Waals surface area (Å²) in [6, 6.07) is 0. The quantitative estimate of drug-likeness (QED) is 0.486. The third-order valence-electron chi connectivity index (χ3n) is 2.17. The maximum atomic E-state index is 5.90. The zero-order valence-electron chi connectivity index (χ0n) is 7.48. The lowest BCUT2D eigenvalue weighted by molar-refractivity contribution is 0.778. The molecule has 3 heteroatoms. The van der Waals surface area contributed by atoms with Crippen molar-refractivity contribution in [2.24, 2.45) is 5.92 Å². The van der Waals surface area contributed by atoms with Crippen molar-refractivity contribution in [2.45, 2.75) is 36.9 Å². The first-order valence-corrected chi connectivity index (χ1v) is 6.53. The van der Waals surface area contributed by atoms with Crippen molar-refractivity contribution in [2.75, 3.05) is 11.5 Å². The normalized spacial score (nSPS) is 25.8. The Bertz CT molecular complexity index is 136. The first-order chi connectivity index (χ1) is 5.67. The van der Waals surface area contributed by atoms with Crippen molar-refractivity contribution < 1.29 is 0 Å². The molecule has 1 saturated carbocycles. The molecule has 1 aliphatic carbocycles. The molecular formula is C9H16Cl2S. The molecule has 1 atom stereocenters. The molecule has 1 rings (SSSR count). The van der Waals surface area contributed by atoms with Crippen LogP contribution in [0.2, 0.25) is 0 Å². The van der Waals surface area contributed by atoms with E-state index >= 15 is 0 Å². The van der Waals surface area contributed by atoms with Gasteiger partial charge < -0.3 is 0 Å². The Morgan fingerprint density at radius 2 is 2.08 bits per heavy atom. The van der Waals surface area contributed by atoms with Gasteiger partial charge in [0, 0.05) is 5.92 Å². The summed E-state index contributed by atoms with van der Waals surface area (Å²) in [5.41, 5.74) is 0. The molecule has 0 aromatic carbocycles. The van der Waals surface area contributed by atoms with E-state index in [1.54, 1.807) is 0 Å².